The Morgan fingerprint density at radius 3 is 3.00 bits per heavy atom. The van der Waals surface area contributed by atoms with Crippen molar-refractivity contribution in [2.75, 3.05) is 0 Å². The highest BCUT2D eigenvalue weighted by atomic mass is 32.1. The van der Waals surface area contributed by atoms with E-state index in [0.29, 0.717) is 11.4 Å². The van der Waals surface area contributed by atoms with Crippen LogP contribution in [0.15, 0.2) is 55.0 Å². The van der Waals surface area contributed by atoms with Crippen LogP contribution in [0.3, 0.4) is 0 Å². The molecule has 4 aromatic rings. The molecule has 1 N–H and O–H groups in total. The average molecular weight is 366 g/mol. The fourth-order valence-electron chi connectivity index (χ4n) is 2.77. The molecule has 0 spiro atoms. The zero-order valence-corrected chi connectivity index (χ0v) is 14.8. The second-order valence-corrected chi connectivity index (χ2v) is 6.97. The van der Waals surface area contributed by atoms with Gasteiger partial charge in [0, 0.05) is 36.2 Å². The molecular formula is C19H15FN4OS. The summed E-state index contributed by atoms with van der Waals surface area (Å²) >= 11 is 1.35. The molecule has 1 aromatic carbocycles. The molecule has 0 aliphatic carbocycles. The van der Waals surface area contributed by atoms with Crippen LogP contribution in [0, 0.1) is 5.82 Å². The van der Waals surface area contributed by atoms with Crippen LogP contribution < -0.4 is 5.32 Å². The predicted octanol–water partition coefficient (Wildman–Crippen LogP) is 3.77. The summed E-state index contributed by atoms with van der Waals surface area (Å²) in [6.45, 7) is 0.347. The van der Waals surface area contributed by atoms with Gasteiger partial charge in [-0.1, -0.05) is 6.07 Å². The molecule has 3 heterocycles. The maximum atomic E-state index is 13.3. The number of amides is 1. The number of thiophene rings is 1. The van der Waals surface area contributed by atoms with Gasteiger partial charge in [-0.25, -0.2) is 4.39 Å². The van der Waals surface area contributed by atoms with Gasteiger partial charge >= 0.3 is 0 Å². The van der Waals surface area contributed by atoms with Gasteiger partial charge in [-0.2, -0.15) is 5.10 Å². The van der Waals surface area contributed by atoms with Crippen molar-refractivity contribution < 1.29 is 9.18 Å². The molecule has 1 amide bonds. The molecule has 7 heteroatoms. The summed E-state index contributed by atoms with van der Waals surface area (Å²) in [5, 5.41) is 7.82. The van der Waals surface area contributed by atoms with Gasteiger partial charge in [0.25, 0.3) is 5.91 Å². The van der Waals surface area contributed by atoms with Crippen molar-refractivity contribution in [3.63, 3.8) is 0 Å². The molecule has 0 atom stereocenters. The summed E-state index contributed by atoms with van der Waals surface area (Å²) in [6, 6.07) is 10.00. The summed E-state index contributed by atoms with van der Waals surface area (Å²) in [4.78, 5) is 17.5. The van der Waals surface area contributed by atoms with Gasteiger partial charge in [0.05, 0.1) is 16.8 Å². The average Bonchev–Trinajstić information content (AvgIpc) is 3.25. The molecule has 0 bridgehead atoms. The standard InChI is InChI=1S/C19H15FN4OS/c1-24-11-14(10-23-24)18-12(3-2-6-21-18)9-22-19(25)17-8-13-7-15(20)4-5-16(13)26-17/h2-8,10-11H,9H2,1H3,(H,22,25). The third-order valence-electron chi connectivity index (χ3n) is 4.01. The Balaban J connectivity index is 1.54. The SMILES string of the molecule is Cn1cc(-c2ncccc2CNC(=O)c2cc3cc(F)ccc3s2)cn1. The van der Waals surface area contributed by atoms with Gasteiger partial charge in [0.15, 0.2) is 0 Å². The fraction of sp³-hybridized carbons (Fsp3) is 0.105. The molecule has 0 radical (unpaired) electrons. The van der Waals surface area contributed by atoms with E-state index in [2.05, 4.69) is 15.4 Å². The van der Waals surface area contributed by atoms with Crippen LogP contribution in [-0.4, -0.2) is 20.7 Å². The van der Waals surface area contributed by atoms with Gasteiger partial charge in [-0.05, 0) is 41.3 Å². The molecule has 0 unspecified atom stereocenters. The van der Waals surface area contributed by atoms with E-state index in [1.54, 1.807) is 29.2 Å². The van der Waals surface area contributed by atoms with Crippen LogP contribution in [0.5, 0.6) is 0 Å². The van der Waals surface area contributed by atoms with Crippen molar-refractivity contribution in [3.05, 3.63) is 71.2 Å². The van der Waals surface area contributed by atoms with Crippen LogP contribution in [0.4, 0.5) is 4.39 Å². The lowest BCUT2D eigenvalue weighted by Crippen LogP contribution is -2.22. The Morgan fingerprint density at radius 2 is 2.19 bits per heavy atom. The zero-order valence-electron chi connectivity index (χ0n) is 13.9. The number of carbonyl (C=O) groups is 1. The molecule has 130 valence electrons. The predicted molar refractivity (Wildman–Crippen MR) is 99.4 cm³/mol. The number of benzene rings is 1. The van der Waals surface area contributed by atoms with Crippen LogP contribution in [-0.2, 0) is 13.6 Å². The molecule has 0 fully saturated rings. The Morgan fingerprint density at radius 1 is 1.31 bits per heavy atom. The monoisotopic (exact) mass is 366 g/mol. The van der Waals surface area contributed by atoms with E-state index in [1.807, 2.05) is 25.4 Å². The minimum absolute atomic E-state index is 0.187. The van der Waals surface area contributed by atoms with E-state index < -0.39 is 0 Å². The fourth-order valence-corrected chi connectivity index (χ4v) is 3.73. The van der Waals surface area contributed by atoms with E-state index in [-0.39, 0.29) is 11.7 Å². The van der Waals surface area contributed by atoms with E-state index in [0.717, 1.165) is 26.9 Å². The number of carbonyl (C=O) groups excluding carboxylic acids is 1. The van der Waals surface area contributed by atoms with Crippen LogP contribution >= 0.6 is 11.3 Å². The zero-order chi connectivity index (χ0) is 18.1. The Labute approximate surface area is 153 Å². The summed E-state index contributed by atoms with van der Waals surface area (Å²) < 4.78 is 15.9. The lowest BCUT2D eigenvalue weighted by atomic mass is 10.1. The third kappa shape index (κ3) is 3.21. The van der Waals surface area contributed by atoms with Crippen LogP contribution in [0.2, 0.25) is 0 Å². The number of aryl methyl sites for hydroxylation is 1. The topological polar surface area (TPSA) is 59.8 Å². The number of pyridine rings is 1. The smallest absolute Gasteiger partial charge is 0.261 e. The number of nitrogens with one attached hydrogen (secondary N) is 1. The number of fused-ring (bicyclic) bond motifs is 1. The van der Waals surface area contributed by atoms with Gasteiger partial charge in [0.2, 0.25) is 0 Å². The lowest BCUT2D eigenvalue weighted by Gasteiger charge is -2.08. The van der Waals surface area contributed by atoms with Crippen molar-refractivity contribution in [1.29, 1.82) is 0 Å². The molecule has 3 aromatic heterocycles. The highest BCUT2D eigenvalue weighted by Crippen LogP contribution is 2.26. The van der Waals surface area contributed by atoms with Crippen LogP contribution in [0.25, 0.3) is 21.3 Å². The Hall–Kier alpha value is -3.06. The number of hydrogen-bond donors (Lipinski definition) is 1. The number of halogens is 1. The lowest BCUT2D eigenvalue weighted by molar-refractivity contribution is 0.0955. The first kappa shape index (κ1) is 16.4. The van der Waals surface area contributed by atoms with Crippen molar-refractivity contribution in [3.8, 4) is 11.3 Å². The number of rotatable bonds is 4. The van der Waals surface area contributed by atoms with Crippen molar-refractivity contribution in [2.45, 2.75) is 6.54 Å². The molecular weight excluding hydrogens is 351 g/mol. The van der Waals surface area contributed by atoms with Crippen molar-refractivity contribution in [2.24, 2.45) is 7.05 Å². The minimum Gasteiger partial charge on any atom is -0.347 e. The van der Waals surface area contributed by atoms with Gasteiger partial charge in [0.1, 0.15) is 5.82 Å². The highest BCUT2D eigenvalue weighted by Gasteiger charge is 2.13. The normalized spacial score (nSPS) is 11.0. The number of hydrogen-bond acceptors (Lipinski definition) is 4. The summed E-state index contributed by atoms with van der Waals surface area (Å²) in [7, 11) is 1.85. The first-order chi connectivity index (χ1) is 12.6. The highest BCUT2D eigenvalue weighted by molar-refractivity contribution is 7.20. The summed E-state index contributed by atoms with van der Waals surface area (Å²) in [5.74, 6) is -0.494. The van der Waals surface area contributed by atoms with E-state index in [4.69, 9.17) is 0 Å². The minimum atomic E-state index is -0.307. The second-order valence-electron chi connectivity index (χ2n) is 5.89. The number of nitrogens with zero attached hydrogens (tertiary/aromatic N) is 3. The van der Waals surface area contributed by atoms with Gasteiger partial charge in [-0.3, -0.25) is 14.5 Å². The summed E-state index contributed by atoms with van der Waals surface area (Å²) in [5.41, 5.74) is 2.59. The molecule has 0 saturated carbocycles. The second kappa shape index (κ2) is 6.68. The van der Waals surface area contributed by atoms with Crippen molar-refractivity contribution in [1.82, 2.24) is 20.1 Å². The van der Waals surface area contributed by atoms with Crippen molar-refractivity contribution >= 4 is 27.3 Å². The maximum Gasteiger partial charge on any atom is 0.261 e. The van der Waals surface area contributed by atoms with E-state index in [9.17, 15) is 9.18 Å². The Kier molecular flexibility index (Phi) is 4.22. The molecule has 0 aliphatic heterocycles. The molecule has 0 saturated heterocycles. The first-order valence-corrected chi connectivity index (χ1v) is 8.82. The summed E-state index contributed by atoms with van der Waals surface area (Å²) in [6.07, 6.45) is 5.34. The van der Waals surface area contributed by atoms with Gasteiger partial charge in [-0.15, -0.1) is 11.3 Å². The number of aromatic nitrogens is 3. The molecule has 4 rings (SSSR count). The Bertz CT molecular complexity index is 1100. The molecule has 0 aliphatic rings. The van der Waals surface area contributed by atoms with E-state index in [1.165, 1.54) is 23.5 Å². The van der Waals surface area contributed by atoms with Crippen LogP contribution in [0.1, 0.15) is 15.2 Å². The largest absolute Gasteiger partial charge is 0.347 e. The van der Waals surface area contributed by atoms with E-state index >= 15 is 0 Å². The third-order valence-corrected chi connectivity index (χ3v) is 5.13. The molecule has 5 nitrogen and oxygen atoms in total. The van der Waals surface area contributed by atoms with Gasteiger partial charge < -0.3 is 5.32 Å². The first-order valence-electron chi connectivity index (χ1n) is 8.00. The molecule has 26 heavy (non-hydrogen) atoms. The maximum absolute atomic E-state index is 13.3. The quantitative estimate of drug-likeness (QED) is 0.598.